The molecular formula is C9H13FO7. The third-order valence-electron chi connectivity index (χ3n) is 2.02. The number of hydrogen-bond acceptors (Lipinski definition) is 7. The highest BCUT2D eigenvalue weighted by molar-refractivity contribution is 5.66. The van der Waals surface area contributed by atoms with Gasteiger partial charge in [0.2, 0.25) is 12.4 Å². The lowest BCUT2D eigenvalue weighted by Gasteiger charge is -2.17. The molecule has 0 spiro atoms. The van der Waals surface area contributed by atoms with Crippen LogP contribution in [0.4, 0.5) is 9.18 Å². The molecule has 0 amide bonds. The molecule has 1 rings (SSSR count). The molecule has 4 atom stereocenters. The molecule has 8 heteroatoms. The lowest BCUT2D eigenvalue weighted by molar-refractivity contribution is -0.213. The normalized spacial score (nSPS) is 32.0. The Morgan fingerprint density at radius 1 is 1.18 bits per heavy atom. The van der Waals surface area contributed by atoms with Gasteiger partial charge in [-0.3, -0.25) is 4.79 Å². The second-order valence-electron chi connectivity index (χ2n) is 3.20. The summed E-state index contributed by atoms with van der Waals surface area (Å²) in [5.74, 6) is -0.697. The Morgan fingerprint density at radius 2 is 1.82 bits per heavy atom. The van der Waals surface area contributed by atoms with Gasteiger partial charge in [0.05, 0.1) is 7.11 Å². The summed E-state index contributed by atoms with van der Waals surface area (Å²) in [6.07, 6.45) is -6.92. The van der Waals surface area contributed by atoms with Crippen LogP contribution in [-0.4, -0.2) is 51.2 Å². The number of alkyl halides is 1. The fourth-order valence-electron chi connectivity index (χ4n) is 1.31. The van der Waals surface area contributed by atoms with Crippen LogP contribution in [0.25, 0.3) is 0 Å². The Labute approximate surface area is 96.7 Å². The minimum atomic E-state index is -1.77. The zero-order chi connectivity index (χ0) is 13.0. The number of ether oxygens (including phenoxy) is 5. The van der Waals surface area contributed by atoms with Crippen molar-refractivity contribution in [1.82, 2.24) is 0 Å². The molecule has 0 aliphatic carbocycles. The molecule has 1 aliphatic rings. The van der Waals surface area contributed by atoms with Gasteiger partial charge in [0, 0.05) is 14.0 Å². The Kier molecular flexibility index (Phi) is 4.64. The third kappa shape index (κ3) is 3.27. The minimum absolute atomic E-state index is 0.697. The van der Waals surface area contributed by atoms with E-state index in [1.54, 1.807) is 0 Å². The maximum absolute atomic E-state index is 13.7. The van der Waals surface area contributed by atoms with Gasteiger partial charge in [0.1, 0.15) is 0 Å². The number of esters is 1. The number of methoxy groups -OCH3 is 2. The summed E-state index contributed by atoms with van der Waals surface area (Å²) < 4.78 is 36.7. The number of carbonyl (C=O) groups excluding carboxylic acids is 2. The van der Waals surface area contributed by atoms with Crippen molar-refractivity contribution in [2.45, 2.75) is 31.8 Å². The smallest absolute Gasteiger partial charge is 0.438 e. The van der Waals surface area contributed by atoms with Crippen molar-refractivity contribution < 1.29 is 37.7 Å². The zero-order valence-corrected chi connectivity index (χ0v) is 9.55. The topological polar surface area (TPSA) is 80.3 Å². The van der Waals surface area contributed by atoms with E-state index in [0.717, 1.165) is 14.0 Å². The summed E-state index contributed by atoms with van der Waals surface area (Å²) in [7, 11) is 2.28. The van der Waals surface area contributed by atoms with Crippen LogP contribution in [0.15, 0.2) is 0 Å². The first kappa shape index (κ1) is 13.7. The maximum Gasteiger partial charge on any atom is 0.508 e. The van der Waals surface area contributed by atoms with Crippen molar-refractivity contribution in [3.8, 4) is 0 Å². The average molecular weight is 252 g/mol. The highest BCUT2D eigenvalue weighted by atomic mass is 19.1. The van der Waals surface area contributed by atoms with Crippen LogP contribution in [0, 0.1) is 0 Å². The predicted molar refractivity (Wildman–Crippen MR) is 49.6 cm³/mol. The maximum atomic E-state index is 13.7. The van der Waals surface area contributed by atoms with E-state index in [4.69, 9.17) is 4.74 Å². The molecule has 0 radical (unpaired) electrons. The monoisotopic (exact) mass is 252 g/mol. The van der Waals surface area contributed by atoms with Gasteiger partial charge in [0.15, 0.2) is 12.5 Å². The molecule has 1 unspecified atom stereocenters. The summed E-state index contributed by atoms with van der Waals surface area (Å²) in [5, 5.41) is 0. The van der Waals surface area contributed by atoms with Crippen LogP contribution in [0.5, 0.6) is 0 Å². The molecule has 98 valence electrons. The highest BCUT2D eigenvalue weighted by Gasteiger charge is 2.50. The van der Waals surface area contributed by atoms with E-state index in [-0.39, 0.29) is 0 Å². The zero-order valence-electron chi connectivity index (χ0n) is 9.55. The largest absolute Gasteiger partial charge is 0.508 e. The van der Waals surface area contributed by atoms with E-state index >= 15 is 0 Å². The molecular weight excluding hydrogens is 239 g/mol. The Hall–Kier alpha value is -1.41. The number of rotatable bonds is 3. The molecule has 0 bridgehead atoms. The lowest BCUT2D eigenvalue weighted by Crippen LogP contribution is -2.36. The summed E-state index contributed by atoms with van der Waals surface area (Å²) in [6, 6.07) is 0. The first-order valence-corrected chi connectivity index (χ1v) is 4.73. The van der Waals surface area contributed by atoms with E-state index in [9.17, 15) is 14.0 Å². The standard InChI is InChI=1S/C9H13FO7/c1-4(11)15-8-6(16-9(12)14-3)5(10)7(13-2)17-8/h5-8H,1-3H3/t5-,6-,7?,8-/m0/s1. The number of halogens is 1. The van der Waals surface area contributed by atoms with Crippen molar-refractivity contribution in [2.24, 2.45) is 0 Å². The third-order valence-corrected chi connectivity index (χ3v) is 2.02. The van der Waals surface area contributed by atoms with Gasteiger partial charge < -0.3 is 23.7 Å². The van der Waals surface area contributed by atoms with Gasteiger partial charge in [-0.25, -0.2) is 9.18 Å². The van der Waals surface area contributed by atoms with Gasteiger partial charge >= 0.3 is 12.1 Å². The molecule has 1 fully saturated rings. The van der Waals surface area contributed by atoms with Crippen molar-refractivity contribution in [1.29, 1.82) is 0 Å². The molecule has 1 heterocycles. The van der Waals surface area contributed by atoms with E-state index in [2.05, 4.69) is 18.9 Å². The first-order valence-electron chi connectivity index (χ1n) is 4.73. The van der Waals surface area contributed by atoms with Crippen molar-refractivity contribution in [3.63, 3.8) is 0 Å². The average Bonchev–Trinajstić information content (AvgIpc) is 2.56. The molecule has 0 aromatic rings. The van der Waals surface area contributed by atoms with Crippen LogP contribution in [-0.2, 0) is 28.5 Å². The molecule has 0 saturated carbocycles. The van der Waals surface area contributed by atoms with Crippen LogP contribution in [0.3, 0.4) is 0 Å². The molecule has 17 heavy (non-hydrogen) atoms. The molecule has 0 N–H and O–H groups in total. The van der Waals surface area contributed by atoms with Gasteiger partial charge in [0.25, 0.3) is 0 Å². The summed E-state index contributed by atoms with van der Waals surface area (Å²) in [6.45, 7) is 1.12. The van der Waals surface area contributed by atoms with E-state index < -0.39 is 37.0 Å². The van der Waals surface area contributed by atoms with Gasteiger partial charge in [-0.05, 0) is 0 Å². The Balaban J connectivity index is 2.72. The van der Waals surface area contributed by atoms with Crippen LogP contribution >= 0.6 is 0 Å². The van der Waals surface area contributed by atoms with Crippen LogP contribution in [0.2, 0.25) is 0 Å². The van der Waals surface area contributed by atoms with Gasteiger partial charge in [-0.15, -0.1) is 0 Å². The van der Waals surface area contributed by atoms with E-state index in [1.165, 1.54) is 7.11 Å². The van der Waals surface area contributed by atoms with E-state index in [0.29, 0.717) is 0 Å². The molecule has 1 saturated heterocycles. The SMILES string of the molecule is COC(=O)O[C@@H]1[C@@H](OC(C)=O)OC(OC)[C@H]1F. The highest BCUT2D eigenvalue weighted by Crippen LogP contribution is 2.28. The fourth-order valence-corrected chi connectivity index (χ4v) is 1.31. The summed E-state index contributed by atoms with van der Waals surface area (Å²) in [5.41, 5.74) is 0. The van der Waals surface area contributed by atoms with Gasteiger partial charge in [-0.1, -0.05) is 0 Å². The minimum Gasteiger partial charge on any atom is -0.438 e. The van der Waals surface area contributed by atoms with Crippen LogP contribution in [0.1, 0.15) is 6.92 Å². The van der Waals surface area contributed by atoms with Crippen LogP contribution < -0.4 is 0 Å². The second kappa shape index (κ2) is 5.78. The van der Waals surface area contributed by atoms with Gasteiger partial charge in [-0.2, -0.15) is 0 Å². The van der Waals surface area contributed by atoms with E-state index in [1.807, 2.05) is 0 Å². The lowest BCUT2D eigenvalue weighted by atomic mass is 10.2. The second-order valence-corrected chi connectivity index (χ2v) is 3.20. The molecule has 7 nitrogen and oxygen atoms in total. The summed E-state index contributed by atoms with van der Waals surface area (Å²) in [4.78, 5) is 21.7. The summed E-state index contributed by atoms with van der Waals surface area (Å²) >= 11 is 0. The quantitative estimate of drug-likeness (QED) is 0.671. The molecule has 1 aliphatic heterocycles. The van der Waals surface area contributed by atoms with Crippen molar-refractivity contribution in [2.75, 3.05) is 14.2 Å². The molecule has 0 aromatic heterocycles. The number of hydrogen-bond donors (Lipinski definition) is 0. The Morgan fingerprint density at radius 3 is 2.29 bits per heavy atom. The molecule has 0 aromatic carbocycles. The number of carbonyl (C=O) groups is 2. The predicted octanol–water partition coefficient (Wildman–Crippen LogP) is 0.368. The van der Waals surface area contributed by atoms with Crippen molar-refractivity contribution in [3.05, 3.63) is 0 Å². The first-order chi connectivity index (χ1) is 7.99. The Bertz CT molecular complexity index is 295. The fraction of sp³-hybridized carbons (Fsp3) is 0.778. The van der Waals surface area contributed by atoms with Crippen molar-refractivity contribution >= 4 is 12.1 Å².